The molecule has 0 bridgehead atoms. The maximum absolute atomic E-state index is 12.0. The van der Waals surface area contributed by atoms with Crippen LogP contribution in [-0.4, -0.2) is 0 Å². The molecule has 14 heavy (non-hydrogen) atoms. The lowest BCUT2D eigenvalue weighted by Gasteiger charge is -2.05. The summed E-state index contributed by atoms with van der Waals surface area (Å²) in [5, 5.41) is 0. The lowest BCUT2D eigenvalue weighted by molar-refractivity contribution is 0.718. The van der Waals surface area contributed by atoms with Gasteiger partial charge in [0.05, 0.1) is 0 Å². The minimum atomic E-state index is 0.252. The molecular weight excluding hydrogens is 172 g/mol. The molecule has 0 spiro atoms. The van der Waals surface area contributed by atoms with E-state index in [1.807, 2.05) is 31.2 Å². The highest BCUT2D eigenvalue weighted by atomic mass is 16.1. The molecule has 1 fully saturated rings. The van der Waals surface area contributed by atoms with Gasteiger partial charge in [0, 0.05) is 5.56 Å². The van der Waals surface area contributed by atoms with E-state index in [0.29, 0.717) is 5.92 Å². The fourth-order valence-electron chi connectivity index (χ4n) is 2.30. The number of hydrogen-bond donors (Lipinski definition) is 0. The number of rotatable bonds is 1. The molecule has 0 aliphatic heterocycles. The van der Waals surface area contributed by atoms with E-state index in [0.717, 1.165) is 11.1 Å². The summed E-state index contributed by atoms with van der Waals surface area (Å²) in [7, 11) is 0. The van der Waals surface area contributed by atoms with Gasteiger partial charge in [-0.05, 0) is 31.2 Å². The van der Waals surface area contributed by atoms with Crippen molar-refractivity contribution in [2.24, 2.45) is 0 Å². The van der Waals surface area contributed by atoms with Crippen LogP contribution in [0.3, 0.4) is 0 Å². The molecule has 1 heteroatoms. The molecule has 0 aromatic heterocycles. The highest BCUT2D eigenvalue weighted by molar-refractivity contribution is 5.24. The summed E-state index contributed by atoms with van der Waals surface area (Å²) in [5.74, 6) is 0.522. The first-order valence-corrected chi connectivity index (χ1v) is 5.39. The van der Waals surface area contributed by atoms with E-state index in [1.54, 1.807) is 0 Å². The Morgan fingerprint density at radius 1 is 1.14 bits per heavy atom. The molecule has 0 saturated heterocycles. The highest BCUT2D eigenvalue weighted by Crippen LogP contribution is 2.32. The predicted molar refractivity (Wildman–Crippen MR) is 58.7 cm³/mol. The smallest absolute Gasteiger partial charge is 0.184 e. The van der Waals surface area contributed by atoms with Crippen molar-refractivity contribution in [3.05, 3.63) is 45.6 Å². The van der Waals surface area contributed by atoms with Crippen molar-refractivity contribution in [1.29, 1.82) is 0 Å². The molecule has 0 heterocycles. The lowest BCUT2D eigenvalue weighted by atomic mass is 9.98. The Hall–Kier alpha value is -1.11. The van der Waals surface area contributed by atoms with Crippen LogP contribution in [-0.2, 0) is 0 Å². The van der Waals surface area contributed by atoms with Crippen LogP contribution in [0.4, 0.5) is 0 Å². The average Bonchev–Trinajstić information content (AvgIpc) is 2.64. The molecule has 1 aliphatic rings. The summed E-state index contributed by atoms with van der Waals surface area (Å²) >= 11 is 0. The van der Waals surface area contributed by atoms with Gasteiger partial charge in [-0.15, -0.1) is 0 Å². The van der Waals surface area contributed by atoms with Crippen LogP contribution in [0.25, 0.3) is 0 Å². The second kappa shape index (κ2) is 3.95. The molecule has 0 radical (unpaired) electrons. The van der Waals surface area contributed by atoms with Crippen molar-refractivity contribution in [3.8, 4) is 0 Å². The number of hydrogen-bond acceptors (Lipinski definition) is 1. The van der Waals surface area contributed by atoms with E-state index < -0.39 is 0 Å². The van der Waals surface area contributed by atoms with Crippen LogP contribution in [0.5, 0.6) is 0 Å². The molecule has 1 aliphatic carbocycles. The Labute approximate surface area is 84.8 Å². The quantitative estimate of drug-likeness (QED) is 0.662. The first-order chi connectivity index (χ1) is 6.79. The van der Waals surface area contributed by atoms with Gasteiger partial charge in [-0.2, -0.15) is 0 Å². The fraction of sp³-hybridized carbons (Fsp3) is 0.462. The predicted octanol–water partition coefficient (Wildman–Crippen LogP) is 3.01. The zero-order valence-electron chi connectivity index (χ0n) is 8.62. The van der Waals surface area contributed by atoms with Crippen LogP contribution in [0.15, 0.2) is 29.1 Å². The molecule has 74 valence electrons. The number of aryl methyl sites for hydroxylation is 1. The Kier molecular flexibility index (Phi) is 2.67. The van der Waals surface area contributed by atoms with E-state index in [9.17, 15) is 4.79 Å². The molecular formula is C13H16O. The SMILES string of the molecule is Cc1ccccc(C2CCCC2)c1=O. The van der Waals surface area contributed by atoms with Crippen molar-refractivity contribution in [2.75, 3.05) is 0 Å². The summed E-state index contributed by atoms with van der Waals surface area (Å²) in [6.07, 6.45) is 4.95. The molecule has 1 aromatic rings. The first-order valence-electron chi connectivity index (χ1n) is 5.39. The van der Waals surface area contributed by atoms with E-state index in [4.69, 9.17) is 0 Å². The van der Waals surface area contributed by atoms with Gasteiger partial charge >= 0.3 is 0 Å². The monoisotopic (exact) mass is 188 g/mol. The van der Waals surface area contributed by atoms with Crippen molar-refractivity contribution in [3.63, 3.8) is 0 Å². The molecule has 2 rings (SSSR count). The van der Waals surface area contributed by atoms with Crippen LogP contribution in [0.1, 0.15) is 42.7 Å². The summed E-state index contributed by atoms with van der Waals surface area (Å²) < 4.78 is 0. The Balaban J connectivity index is 2.48. The van der Waals surface area contributed by atoms with Crippen LogP contribution >= 0.6 is 0 Å². The minimum absolute atomic E-state index is 0.252. The van der Waals surface area contributed by atoms with Crippen molar-refractivity contribution in [1.82, 2.24) is 0 Å². The molecule has 0 atom stereocenters. The molecule has 1 nitrogen and oxygen atoms in total. The van der Waals surface area contributed by atoms with Gasteiger partial charge in [0.2, 0.25) is 0 Å². The highest BCUT2D eigenvalue weighted by Gasteiger charge is 2.18. The van der Waals surface area contributed by atoms with E-state index in [1.165, 1.54) is 25.7 Å². The molecule has 1 saturated carbocycles. The van der Waals surface area contributed by atoms with Crippen molar-refractivity contribution >= 4 is 0 Å². The lowest BCUT2D eigenvalue weighted by Crippen LogP contribution is -2.11. The van der Waals surface area contributed by atoms with Gasteiger partial charge in [-0.25, -0.2) is 0 Å². The molecule has 0 unspecified atom stereocenters. The van der Waals surface area contributed by atoms with Gasteiger partial charge in [-0.1, -0.05) is 37.1 Å². The van der Waals surface area contributed by atoms with Gasteiger partial charge in [0.15, 0.2) is 5.43 Å². The summed E-state index contributed by atoms with van der Waals surface area (Å²) in [6, 6.07) is 7.85. The third-order valence-corrected chi connectivity index (χ3v) is 3.15. The minimum Gasteiger partial charge on any atom is -0.289 e. The largest absolute Gasteiger partial charge is 0.289 e. The maximum Gasteiger partial charge on any atom is 0.184 e. The summed E-state index contributed by atoms with van der Waals surface area (Å²) in [4.78, 5) is 12.0. The average molecular weight is 188 g/mol. The second-order valence-electron chi connectivity index (χ2n) is 4.17. The first kappa shape index (κ1) is 9.45. The molecule has 1 aromatic carbocycles. The fourth-order valence-corrected chi connectivity index (χ4v) is 2.30. The van der Waals surface area contributed by atoms with Gasteiger partial charge < -0.3 is 0 Å². The Morgan fingerprint density at radius 2 is 1.79 bits per heavy atom. The van der Waals surface area contributed by atoms with Crippen LogP contribution in [0.2, 0.25) is 0 Å². The third kappa shape index (κ3) is 1.72. The van der Waals surface area contributed by atoms with E-state index >= 15 is 0 Å². The molecule has 0 N–H and O–H groups in total. The zero-order chi connectivity index (χ0) is 9.97. The van der Waals surface area contributed by atoms with Gasteiger partial charge in [0.25, 0.3) is 0 Å². The van der Waals surface area contributed by atoms with Crippen LogP contribution < -0.4 is 5.43 Å². The van der Waals surface area contributed by atoms with E-state index in [-0.39, 0.29) is 5.43 Å². The Morgan fingerprint density at radius 3 is 2.50 bits per heavy atom. The molecule has 0 amide bonds. The van der Waals surface area contributed by atoms with Gasteiger partial charge in [0.1, 0.15) is 0 Å². The van der Waals surface area contributed by atoms with Crippen molar-refractivity contribution in [2.45, 2.75) is 38.5 Å². The standard InChI is InChI=1S/C13H16O/c1-10-6-2-5-9-12(13(10)14)11-7-3-4-8-11/h2,5-6,9,11H,3-4,7-8H2,1H3. The zero-order valence-corrected chi connectivity index (χ0v) is 8.62. The van der Waals surface area contributed by atoms with Gasteiger partial charge in [-0.3, -0.25) is 4.79 Å². The summed E-state index contributed by atoms with van der Waals surface area (Å²) in [6.45, 7) is 1.90. The second-order valence-corrected chi connectivity index (χ2v) is 4.17. The normalized spacial score (nSPS) is 17.2. The maximum atomic E-state index is 12.0. The van der Waals surface area contributed by atoms with Crippen molar-refractivity contribution < 1.29 is 0 Å². The Bertz CT molecular complexity index is 375. The topological polar surface area (TPSA) is 17.1 Å². The third-order valence-electron chi connectivity index (χ3n) is 3.15. The van der Waals surface area contributed by atoms with Crippen LogP contribution in [0, 0.1) is 6.92 Å². The van der Waals surface area contributed by atoms with E-state index in [2.05, 4.69) is 0 Å². The summed E-state index contributed by atoms with van der Waals surface area (Å²) in [5.41, 5.74) is 2.16.